The van der Waals surface area contributed by atoms with Gasteiger partial charge in [-0.25, -0.2) is 0 Å². The Labute approximate surface area is 202 Å². The summed E-state index contributed by atoms with van der Waals surface area (Å²) in [6, 6.07) is 14.9. The standard InChI is InChI=1S/C21H22N2O5S.Na.H/c24-19(25)12-23-17-8-4-5-9-18(17)29-13-16(20(23)26)22-15(21(27)28)11-10-14-6-2-1-3-7-14;;/h1-9,15-16,22H,10-13H2,(H,24,25)(H,27,28);;/q;+1;-1/t15-,16?;;/m1../s1. The van der Waals surface area contributed by atoms with Crippen LogP contribution in [0.2, 0.25) is 0 Å². The molecule has 9 heteroatoms. The van der Waals surface area contributed by atoms with Gasteiger partial charge in [-0.2, -0.15) is 0 Å². The smallest absolute Gasteiger partial charge is 1.00 e. The number of para-hydroxylation sites is 1. The minimum absolute atomic E-state index is 0. The molecule has 0 spiro atoms. The average molecular weight is 438 g/mol. The molecule has 7 nitrogen and oxygen atoms in total. The first-order chi connectivity index (χ1) is 14.0. The summed E-state index contributed by atoms with van der Waals surface area (Å²) in [5.41, 5.74) is 1.55. The van der Waals surface area contributed by atoms with Gasteiger partial charge in [0.1, 0.15) is 12.6 Å². The molecule has 1 heterocycles. The van der Waals surface area contributed by atoms with Gasteiger partial charge in [-0.15, -0.1) is 11.8 Å². The number of carbonyl (C=O) groups is 3. The number of hydrogen-bond donors (Lipinski definition) is 3. The predicted octanol–water partition coefficient (Wildman–Crippen LogP) is -0.629. The summed E-state index contributed by atoms with van der Waals surface area (Å²) < 4.78 is 0. The van der Waals surface area contributed by atoms with Gasteiger partial charge in [0.15, 0.2) is 0 Å². The number of rotatable bonds is 8. The summed E-state index contributed by atoms with van der Waals surface area (Å²) in [6.45, 7) is -0.476. The SMILES string of the molecule is O=C(O)CN1C(=O)C(N[C@H](CCc2ccccc2)C(=O)O)CSc2ccccc21.[H-].[Na+]. The maximum Gasteiger partial charge on any atom is 1.00 e. The summed E-state index contributed by atoms with van der Waals surface area (Å²) >= 11 is 1.41. The minimum Gasteiger partial charge on any atom is -1.00 e. The fraction of sp³-hybridized carbons (Fsp3) is 0.286. The van der Waals surface area contributed by atoms with Crippen molar-refractivity contribution >= 4 is 35.3 Å². The largest absolute Gasteiger partial charge is 1.00 e. The molecule has 0 fully saturated rings. The van der Waals surface area contributed by atoms with Gasteiger partial charge in [0.25, 0.3) is 0 Å². The second-order valence-corrected chi connectivity index (χ2v) is 7.79. The normalized spacial score (nSPS) is 16.7. The summed E-state index contributed by atoms with van der Waals surface area (Å²) in [5.74, 6) is -2.28. The molecule has 0 saturated carbocycles. The number of nitrogens with one attached hydrogen (secondary N) is 1. The molecule has 1 unspecified atom stereocenters. The van der Waals surface area contributed by atoms with Crippen LogP contribution in [0.15, 0.2) is 59.5 Å². The first-order valence-electron chi connectivity index (χ1n) is 9.23. The molecule has 0 saturated heterocycles. The van der Waals surface area contributed by atoms with E-state index in [0.29, 0.717) is 24.3 Å². The van der Waals surface area contributed by atoms with Crippen molar-refractivity contribution < 1.29 is 55.6 Å². The number of benzene rings is 2. The number of thioether (sulfide) groups is 1. The van der Waals surface area contributed by atoms with E-state index in [1.165, 1.54) is 16.7 Å². The number of amides is 1. The van der Waals surface area contributed by atoms with Crippen molar-refractivity contribution in [3.05, 3.63) is 60.2 Å². The van der Waals surface area contributed by atoms with Crippen LogP contribution in [-0.4, -0.2) is 52.4 Å². The number of fused-ring (bicyclic) bond motifs is 1. The van der Waals surface area contributed by atoms with Crippen molar-refractivity contribution in [2.24, 2.45) is 0 Å². The molecular formula is C21H23N2NaO5S. The quantitative estimate of drug-likeness (QED) is 0.471. The van der Waals surface area contributed by atoms with Crippen molar-refractivity contribution in [3.63, 3.8) is 0 Å². The second-order valence-electron chi connectivity index (χ2n) is 6.73. The molecule has 2 atom stereocenters. The zero-order valence-electron chi connectivity index (χ0n) is 17.7. The Morgan fingerprint density at radius 1 is 1.13 bits per heavy atom. The van der Waals surface area contributed by atoms with Crippen molar-refractivity contribution in [1.82, 2.24) is 5.32 Å². The maximum absolute atomic E-state index is 13.1. The van der Waals surface area contributed by atoms with Crippen molar-refractivity contribution in [2.45, 2.75) is 29.8 Å². The number of carboxylic acid groups (broad SMARTS) is 2. The summed E-state index contributed by atoms with van der Waals surface area (Å²) in [4.78, 5) is 38.2. The predicted molar refractivity (Wildman–Crippen MR) is 111 cm³/mol. The number of nitrogens with zero attached hydrogens (tertiary/aromatic N) is 1. The van der Waals surface area contributed by atoms with Crippen LogP contribution in [0.3, 0.4) is 0 Å². The van der Waals surface area contributed by atoms with Gasteiger partial charge < -0.3 is 11.6 Å². The van der Waals surface area contributed by atoms with E-state index in [-0.39, 0.29) is 31.0 Å². The van der Waals surface area contributed by atoms with Crippen molar-refractivity contribution in [1.29, 1.82) is 0 Å². The maximum atomic E-state index is 13.1. The summed E-state index contributed by atoms with van der Waals surface area (Å²) in [6.07, 6.45) is 0.873. The number of carbonyl (C=O) groups excluding carboxylic acids is 1. The number of anilines is 1. The summed E-state index contributed by atoms with van der Waals surface area (Å²) in [7, 11) is 0. The van der Waals surface area contributed by atoms with E-state index in [1.807, 2.05) is 42.5 Å². The van der Waals surface area contributed by atoms with Crippen LogP contribution >= 0.6 is 11.8 Å². The number of aliphatic carboxylic acids is 2. The number of aryl methyl sites for hydroxylation is 1. The van der Waals surface area contributed by atoms with Crippen molar-refractivity contribution in [3.8, 4) is 0 Å². The Morgan fingerprint density at radius 2 is 1.80 bits per heavy atom. The van der Waals surface area contributed by atoms with E-state index >= 15 is 0 Å². The third-order valence-corrected chi connectivity index (χ3v) is 5.84. The topological polar surface area (TPSA) is 107 Å². The van der Waals surface area contributed by atoms with Gasteiger partial charge in [0.05, 0.1) is 11.7 Å². The van der Waals surface area contributed by atoms with Crippen LogP contribution < -0.4 is 39.8 Å². The molecule has 2 aromatic rings. The fourth-order valence-corrected chi connectivity index (χ4v) is 4.33. The molecule has 1 aliphatic rings. The molecule has 154 valence electrons. The average Bonchev–Trinajstić information content (AvgIpc) is 2.83. The van der Waals surface area contributed by atoms with Gasteiger partial charge in [-0.1, -0.05) is 42.5 Å². The number of carboxylic acids is 2. The molecule has 0 aliphatic carbocycles. The van der Waals surface area contributed by atoms with Crippen LogP contribution in [0.5, 0.6) is 0 Å². The molecule has 3 N–H and O–H groups in total. The molecule has 0 radical (unpaired) electrons. The first-order valence-corrected chi connectivity index (χ1v) is 10.2. The first kappa shape index (κ1) is 24.4. The van der Waals surface area contributed by atoms with Gasteiger partial charge >= 0.3 is 41.5 Å². The van der Waals surface area contributed by atoms with Crippen LogP contribution in [0.1, 0.15) is 13.4 Å². The Hall–Kier alpha value is -1.84. The molecule has 0 aromatic heterocycles. The molecule has 3 rings (SSSR count). The van der Waals surface area contributed by atoms with E-state index in [2.05, 4.69) is 5.32 Å². The number of hydrogen-bond acceptors (Lipinski definition) is 5. The van der Waals surface area contributed by atoms with E-state index in [0.717, 1.165) is 10.5 Å². The van der Waals surface area contributed by atoms with Crippen LogP contribution in [0, 0.1) is 0 Å². The Kier molecular flexibility index (Phi) is 9.38. The van der Waals surface area contributed by atoms with Crippen LogP contribution in [-0.2, 0) is 20.8 Å². The van der Waals surface area contributed by atoms with E-state index in [1.54, 1.807) is 12.1 Å². The molecule has 2 aromatic carbocycles. The Bertz CT molecular complexity index is 902. The van der Waals surface area contributed by atoms with Gasteiger partial charge in [0, 0.05) is 10.6 Å². The molecule has 0 bridgehead atoms. The summed E-state index contributed by atoms with van der Waals surface area (Å²) in [5, 5.41) is 21.8. The second kappa shape index (κ2) is 11.5. The third-order valence-electron chi connectivity index (χ3n) is 4.68. The van der Waals surface area contributed by atoms with E-state index in [9.17, 15) is 24.6 Å². The zero-order valence-corrected chi connectivity index (χ0v) is 19.5. The minimum atomic E-state index is -1.13. The molecular weight excluding hydrogens is 415 g/mol. The monoisotopic (exact) mass is 438 g/mol. The van der Waals surface area contributed by atoms with E-state index in [4.69, 9.17) is 0 Å². The Morgan fingerprint density at radius 3 is 2.47 bits per heavy atom. The van der Waals surface area contributed by atoms with Crippen LogP contribution in [0.25, 0.3) is 0 Å². The molecule has 1 amide bonds. The Balaban J connectivity index is 0.00000240. The van der Waals surface area contributed by atoms with Gasteiger partial charge in [-0.3, -0.25) is 24.6 Å². The third kappa shape index (κ3) is 6.33. The van der Waals surface area contributed by atoms with Crippen LogP contribution in [0.4, 0.5) is 5.69 Å². The van der Waals surface area contributed by atoms with E-state index < -0.39 is 36.5 Å². The van der Waals surface area contributed by atoms with Gasteiger partial charge in [-0.05, 0) is 30.5 Å². The van der Waals surface area contributed by atoms with Gasteiger partial charge in [0.2, 0.25) is 5.91 Å². The molecule has 30 heavy (non-hydrogen) atoms. The van der Waals surface area contributed by atoms with Crippen molar-refractivity contribution in [2.75, 3.05) is 17.2 Å². The fourth-order valence-electron chi connectivity index (χ4n) is 3.25. The zero-order chi connectivity index (χ0) is 20.8. The molecule has 1 aliphatic heterocycles.